The molecule has 19 heavy (non-hydrogen) atoms. The normalized spacial score (nSPS) is 24.3. The summed E-state index contributed by atoms with van der Waals surface area (Å²) in [7, 11) is 0. The summed E-state index contributed by atoms with van der Waals surface area (Å²) < 4.78 is 0. The molecule has 0 saturated carbocycles. The Morgan fingerprint density at radius 1 is 1.16 bits per heavy atom. The molecule has 0 N–H and O–H groups in total. The second-order valence-corrected chi connectivity index (χ2v) is 5.46. The maximum Gasteiger partial charge on any atom is 0.0618 e. The smallest absolute Gasteiger partial charge is 0.0618 e. The Morgan fingerprint density at radius 3 is 2.68 bits per heavy atom. The quantitative estimate of drug-likeness (QED) is 0.487. The number of nitrogens with zero attached hydrogens (tertiary/aromatic N) is 2. The van der Waals surface area contributed by atoms with E-state index in [2.05, 4.69) is 30.2 Å². The molecule has 1 radical (unpaired) electrons. The standard InChI is InChI=1S/C16H24N2.Y/c1-3-7-14-9-6-10-15(12-14)17-18-16-11-5-4-8-13(16)2;/h14H,1,3-11H2,2H3;/q-2;/t14-;/m1./s1. The molecule has 0 aromatic rings. The molecule has 2 rings (SSSR count). The minimum atomic E-state index is 0. The van der Waals surface area contributed by atoms with E-state index in [1.165, 1.54) is 43.4 Å². The van der Waals surface area contributed by atoms with E-state index in [4.69, 9.17) is 0 Å². The van der Waals surface area contributed by atoms with Gasteiger partial charge in [-0.1, -0.05) is 12.8 Å². The second-order valence-electron chi connectivity index (χ2n) is 5.46. The fraction of sp³-hybridized carbons (Fsp3) is 0.688. The molecule has 0 heterocycles. The fourth-order valence-corrected chi connectivity index (χ4v) is 2.73. The van der Waals surface area contributed by atoms with Gasteiger partial charge in [-0.3, -0.25) is 0 Å². The maximum atomic E-state index is 4.47. The number of azo groups is 1. The van der Waals surface area contributed by atoms with E-state index >= 15 is 0 Å². The average Bonchev–Trinajstić information content (AvgIpc) is 2.39. The van der Waals surface area contributed by atoms with Gasteiger partial charge in [0.05, 0.1) is 5.70 Å². The maximum absolute atomic E-state index is 4.47. The summed E-state index contributed by atoms with van der Waals surface area (Å²) in [6.07, 6.45) is 14.0. The minimum Gasteiger partial charge on any atom is -0.469 e. The van der Waals surface area contributed by atoms with Gasteiger partial charge in [-0.05, 0) is 44.6 Å². The summed E-state index contributed by atoms with van der Waals surface area (Å²) in [5.74, 6) is 0.562. The summed E-state index contributed by atoms with van der Waals surface area (Å²) in [5, 5.41) is 8.91. The van der Waals surface area contributed by atoms with E-state index in [9.17, 15) is 0 Å². The van der Waals surface area contributed by atoms with Crippen molar-refractivity contribution in [3.8, 4) is 0 Å². The Labute approximate surface area is 143 Å². The van der Waals surface area contributed by atoms with Crippen molar-refractivity contribution in [1.82, 2.24) is 0 Å². The van der Waals surface area contributed by atoms with Crippen LogP contribution in [0.25, 0.3) is 0 Å². The van der Waals surface area contributed by atoms with E-state index in [0.29, 0.717) is 5.92 Å². The van der Waals surface area contributed by atoms with Gasteiger partial charge in [-0.2, -0.15) is 22.6 Å². The van der Waals surface area contributed by atoms with E-state index in [1.54, 1.807) is 0 Å². The zero-order chi connectivity index (χ0) is 12.8. The van der Waals surface area contributed by atoms with Crippen LogP contribution in [0.1, 0.15) is 64.7 Å². The van der Waals surface area contributed by atoms with Gasteiger partial charge < -0.3 is 13.0 Å². The Hall–Kier alpha value is 0.184. The second kappa shape index (κ2) is 9.18. The SMILES string of the molecule is [CH2-]CC[C@H]1[C-]=C(N=NC2=C(C)CCCC2)CCC1.[Y]. The zero-order valence-corrected chi connectivity index (χ0v) is 15.0. The molecule has 0 aromatic carbocycles. The van der Waals surface area contributed by atoms with Gasteiger partial charge in [0.25, 0.3) is 0 Å². The average molecular weight is 333 g/mol. The molecule has 0 spiro atoms. The number of allylic oxidation sites excluding steroid dienone is 4. The van der Waals surface area contributed by atoms with Crippen LogP contribution in [0.2, 0.25) is 0 Å². The minimum absolute atomic E-state index is 0. The molecule has 2 aliphatic rings. The van der Waals surface area contributed by atoms with Crippen LogP contribution in [0.4, 0.5) is 0 Å². The predicted octanol–water partition coefficient (Wildman–Crippen LogP) is 5.39. The summed E-state index contributed by atoms with van der Waals surface area (Å²) in [5.41, 5.74) is 3.72. The molecule has 2 nitrogen and oxygen atoms in total. The van der Waals surface area contributed by atoms with Gasteiger partial charge in [0, 0.05) is 32.7 Å². The van der Waals surface area contributed by atoms with E-state index in [1.807, 2.05) is 0 Å². The van der Waals surface area contributed by atoms with Crippen LogP contribution in [0.5, 0.6) is 0 Å². The first-order valence-corrected chi connectivity index (χ1v) is 7.31. The first-order chi connectivity index (χ1) is 8.79. The van der Waals surface area contributed by atoms with E-state index < -0.39 is 0 Å². The molecule has 0 fully saturated rings. The third kappa shape index (κ3) is 5.59. The van der Waals surface area contributed by atoms with Gasteiger partial charge in [0.15, 0.2) is 0 Å². The molecule has 0 amide bonds. The molecule has 103 valence electrons. The topological polar surface area (TPSA) is 24.7 Å². The van der Waals surface area contributed by atoms with Crippen LogP contribution in [-0.2, 0) is 32.7 Å². The molecular formula is C16H24N2Y-2. The third-order valence-corrected chi connectivity index (χ3v) is 3.89. The van der Waals surface area contributed by atoms with Gasteiger partial charge in [0.1, 0.15) is 0 Å². The monoisotopic (exact) mass is 333 g/mol. The molecule has 3 heteroatoms. The van der Waals surface area contributed by atoms with Gasteiger partial charge in [-0.15, -0.1) is 12.1 Å². The van der Waals surface area contributed by atoms with Crippen LogP contribution < -0.4 is 0 Å². The van der Waals surface area contributed by atoms with Crippen molar-refractivity contribution in [1.29, 1.82) is 0 Å². The Morgan fingerprint density at radius 2 is 1.95 bits per heavy atom. The number of hydrogen-bond donors (Lipinski definition) is 0. The van der Waals surface area contributed by atoms with Crippen LogP contribution in [-0.4, -0.2) is 0 Å². The van der Waals surface area contributed by atoms with E-state index in [0.717, 1.165) is 31.4 Å². The van der Waals surface area contributed by atoms with Crippen molar-refractivity contribution in [2.24, 2.45) is 16.1 Å². The molecule has 1 atom stereocenters. The Balaban J connectivity index is 0.00000180. The number of rotatable bonds is 4. The number of hydrogen-bond acceptors (Lipinski definition) is 2. The van der Waals surface area contributed by atoms with Crippen LogP contribution in [0.15, 0.2) is 27.2 Å². The van der Waals surface area contributed by atoms with Crippen LogP contribution in [0.3, 0.4) is 0 Å². The first-order valence-electron chi connectivity index (χ1n) is 7.31. The molecule has 2 aliphatic carbocycles. The van der Waals surface area contributed by atoms with Crippen molar-refractivity contribution in [2.75, 3.05) is 0 Å². The van der Waals surface area contributed by atoms with Crippen molar-refractivity contribution >= 4 is 0 Å². The summed E-state index contributed by atoms with van der Waals surface area (Å²) in [6, 6.07) is 0. The van der Waals surface area contributed by atoms with Crippen molar-refractivity contribution in [3.63, 3.8) is 0 Å². The molecular weight excluding hydrogens is 309 g/mol. The Bertz CT molecular complexity index is 369. The van der Waals surface area contributed by atoms with Crippen molar-refractivity contribution in [2.45, 2.75) is 64.7 Å². The van der Waals surface area contributed by atoms with Crippen LogP contribution in [0, 0.1) is 18.9 Å². The molecule has 0 saturated heterocycles. The van der Waals surface area contributed by atoms with Crippen LogP contribution >= 0.6 is 0 Å². The van der Waals surface area contributed by atoms with E-state index in [-0.39, 0.29) is 32.7 Å². The van der Waals surface area contributed by atoms with Crippen molar-refractivity contribution < 1.29 is 32.7 Å². The molecule has 0 bridgehead atoms. The summed E-state index contributed by atoms with van der Waals surface area (Å²) in [4.78, 5) is 0. The molecule has 0 aliphatic heterocycles. The summed E-state index contributed by atoms with van der Waals surface area (Å²) in [6.45, 7) is 6.12. The molecule has 0 aromatic heterocycles. The predicted molar refractivity (Wildman–Crippen MR) is 74.7 cm³/mol. The van der Waals surface area contributed by atoms with Gasteiger partial charge >= 0.3 is 0 Å². The largest absolute Gasteiger partial charge is 0.469 e. The third-order valence-electron chi connectivity index (χ3n) is 3.89. The summed E-state index contributed by atoms with van der Waals surface area (Å²) >= 11 is 0. The molecule has 0 unspecified atom stereocenters. The first kappa shape index (κ1) is 17.2. The van der Waals surface area contributed by atoms with Gasteiger partial charge in [-0.25, -0.2) is 0 Å². The zero-order valence-electron chi connectivity index (χ0n) is 12.1. The van der Waals surface area contributed by atoms with Gasteiger partial charge in [0.2, 0.25) is 0 Å². The van der Waals surface area contributed by atoms with Crippen molar-refractivity contribution in [3.05, 3.63) is 30.0 Å². The fourth-order valence-electron chi connectivity index (χ4n) is 2.73. The Kier molecular flexibility index (Phi) is 8.33.